The summed E-state index contributed by atoms with van der Waals surface area (Å²) in [5, 5.41) is 4.03. The minimum Gasteiger partial charge on any atom is -0.497 e. The summed E-state index contributed by atoms with van der Waals surface area (Å²) in [6.07, 6.45) is 0. The topological polar surface area (TPSA) is 74.2 Å². The zero-order valence-corrected chi connectivity index (χ0v) is 11.8. The minimum absolute atomic E-state index is 0.456. The lowest BCUT2D eigenvalue weighted by molar-refractivity contribution is 0.414. The van der Waals surface area contributed by atoms with Crippen LogP contribution in [-0.4, -0.2) is 17.3 Å². The molecule has 0 aliphatic rings. The van der Waals surface area contributed by atoms with Gasteiger partial charge in [-0.2, -0.15) is 4.98 Å². The SMILES string of the molecule is COc1cccc(-c2noc(-c3cccc(N)c3C)n2)c1. The van der Waals surface area contributed by atoms with Gasteiger partial charge in [-0.05, 0) is 36.8 Å². The van der Waals surface area contributed by atoms with Crippen molar-refractivity contribution in [3.05, 3.63) is 48.0 Å². The second-order valence-corrected chi connectivity index (χ2v) is 4.67. The third-order valence-corrected chi connectivity index (χ3v) is 3.36. The Bertz CT molecular complexity index is 781. The standard InChI is InChI=1S/C16H15N3O2/c1-10-13(7-4-8-14(10)17)16-18-15(19-21-16)11-5-3-6-12(9-11)20-2/h3-9H,17H2,1-2H3. The molecule has 0 fully saturated rings. The van der Waals surface area contributed by atoms with Crippen LogP contribution in [0.25, 0.3) is 22.8 Å². The molecule has 1 aromatic heterocycles. The van der Waals surface area contributed by atoms with Crippen LogP contribution in [-0.2, 0) is 0 Å². The molecule has 2 N–H and O–H groups in total. The van der Waals surface area contributed by atoms with Crippen molar-refractivity contribution in [1.82, 2.24) is 10.1 Å². The van der Waals surface area contributed by atoms with E-state index in [1.807, 2.05) is 49.4 Å². The predicted molar refractivity (Wildman–Crippen MR) is 80.9 cm³/mol. The largest absolute Gasteiger partial charge is 0.497 e. The van der Waals surface area contributed by atoms with E-state index in [1.54, 1.807) is 7.11 Å². The first-order valence-corrected chi connectivity index (χ1v) is 6.52. The molecule has 21 heavy (non-hydrogen) atoms. The minimum atomic E-state index is 0.456. The number of nitrogen functional groups attached to an aromatic ring is 1. The lowest BCUT2D eigenvalue weighted by Gasteiger charge is -2.03. The molecule has 0 unspecified atom stereocenters. The van der Waals surface area contributed by atoms with E-state index in [0.29, 0.717) is 17.4 Å². The summed E-state index contributed by atoms with van der Waals surface area (Å²) in [5.74, 6) is 1.72. The predicted octanol–water partition coefficient (Wildman–Crippen LogP) is 3.30. The second kappa shape index (κ2) is 5.28. The van der Waals surface area contributed by atoms with Crippen LogP contribution < -0.4 is 10.5 Å². The number of nitrogens with two attached hydrogens (primary N) is 1. The number of benzene rings is 2. The van der Waals surface area contributed by atoms with Crippen LogP contribution in [0.15, 0.2) is 47.0 Å². The number of aromatic nitrogens is 2. The van der Waals surface area contributed by atoms with Gasteiger partial charge in [-0.25, -0.2) is 0 Å². The molecule has 5 heteroatoms. The maximum Gasteiger partial charge on any atom is 0.258 e. The molecule has 106 valence electrons. The maximum atomic E-state index is 5.91. The van der Waals surface area contributed by atoms with Crippen molar-refractivity contribution in [3.63, 3.8) is 0 Å². The summed E-state index contributed by atoms with van der Waals surface area (Å²) < 4.78 is 10.6. The smallest absolute Gasteiger partial charge is 0.258 e. The van der Waals surface area contributed by atoms with Crippen molar-refractivity contribution < 1.29 is 9.26 Å². The van der Waals surface area contributed by atoms with Gasteiger partial charge in [0.1, 0.15) is 5.75 Å². The fourth-order valence-electron chi connectivity index (χ4n) is 2.10. The van der Waals surface area contributed by atoms with Gasteiger partial charge in [-0.15, -0.1) is 0 Å². The van der Waals surface area contributed by atoms with Gasteiger partial charge in [-0.1, -0.05) is 23.4 Å². The number of anilines is 1. The van der Waals surface area contributed by atoms with Crippen molar-refractivity contribution in [2.45, 2.75) is 6.92 Å². The average molecular weight is 281 g/mol. The van der Waals surface area contributed by atoms with Crippen LogP contribution in [0.2, 0.25) is 0 Å². The molecule has 2 aromatic carbocycles. The van der Waals surface area contributed by atoms with Gasteiger partial charge in [0.05, 0.1) is 7.11 Å². The average Bonchev–Trinajstić information content (AvgIpc) is 3.00. The van der Waals surface area contributed by atoms with Gasteiger partial charge in [0, 0.05) is 16.8 Å². The maximum absolute atomic E-state index is 5.91. The van der Waals surface area contributed by atoms with E-state index in [0.717, 1.165) is 22.4 Å². The van der Waals surface area contributed by atoms with E-state index in [-0.39, 0.29) is 0 Å². The van der Waals surface area contributed by atoms with E-state index >= 15 is 0 Å². The number of nitrogens with zero attached hydrogens (tertiary/aromatic N) is 2. The molecule has 0 radical (unpaired) electrons. The summed E-state index contributed by atoms with van der Waals surface area (Å²) in [5.41, 5.74) is 9.22. The third kappa shape index (κ3) is 2.45. The first-order valence-electron chi connectivity index (χ1n) is 6.52. The van der Waals surface area contributed by atoms with Crippen LogP contribution in [0.4, 0.5) is 5.69 Å². The number of hydrogen-bond acceptors (Lipinski definition) is 5. The normalized spacial score (nSPS) is 10.6. The van der Waals surface area contributed by atoms with Crippen LogP contribution in [0, 0.1) is 6.92 Å². The number of ether oxygens (including phenoxy) is 1. The molecule has 0 aliphatic carbocycles. The van der Waals surface area contributed by atoms with Gasteiger partial charge in [-0.3, -0.25) is 0 Å². The van der Waals surface area contributed by atoms with E-state index in [4.69, 9.17) is 15.0 Å². The van der Waals surface area contributed by atoms with Crippen LogP contribution >= 0.6 is 0 Å². The fraction of sp³-hybridized carbons (Fsp3) is 0.125. The highest BCUT2D eigenvalue weighted by molar-refractivity contribution is 5.68. The fourth-order valence-corrected chi connectivity index (χ4v) is 2.10. The first kappa shape index (κ1) is 13.2. The Balaban J connectivity index is 2.01. The summed E-state index contributed by atoms with van der Waals surface area (Å²) in [6.45, 7) is 1.93. The van der Waals surface area contributed by atoms with E-state index in [9.17, 15) is 0 Å². The zero-order valence-electron chi connectivity index (χ0n) is 11.8. The lowest BCUT2D eigenvalue weighted by Crippen LogP contribution is -1.92. The van der Waals surface area contributed by atoms with Crippen LogP contribution in [0.3, 0.4) is 0 Å². The molecule has 5 nitrogen and oxygen atoms in total. The molecule has 0 spiro atoms. The van der Waals surface area contributed by atoms with Crippen molar-refractivity contribution in [3.8, 4) is 28.6 Å². The quantitative estimate of drug-likeness (QED) is 0.745. The van der Waals surface area contributed by atoms with E-state index in [1.165, 1.54) is 0 Å². The molecular weight excluding hydrogens is 266 g/mol. The highest BCUT2D eigenvalue weighted by atomic mass is 16.5. The highest BCUT2D eigenvalue weighted by Crippen LogP contribution is 2.28. The monoisotopic (exact) mass is 281 g/mol. The summed E-state index contributed by atoms with van der Waals surface area (Å²) >= 11 is 0. The number of rotatable bonds is 3. The molecule has 0 aliphatic heterocycles. The van der Waals surface area contributed by atoms with Gasteiger partial charge >= 0.3 is 0 Å². The third-order valence-electron chi connectivity index (χ3n) is 3.36. The Kier molecular flexibility index (Phi) is 3.31. The molecule has 0 bridgehead atoms. The Labute approximate surface area is 122 Å². The molecule has 0 atom stereocenters. The molecule has 3 rings (SSSR count). The molecule has 0 amide bonds. The van der Waals surface area contributed by atoms with E-state index < -0.39 is 0 Å². The summed E-state index contributed by atoms with van der Waals surface area (Å²) in [4.78, 5) is 4.44. The second-order valence-electron chi connectivity index (χ2n) is 4.67. The van der Waals surface area contributed by atoms with Crippen molar-refractivity contribution in [2.75, 3.05) is 12.8 Å². The molecular formula is C16H15N3O2. The molecule has 1 heterocycles. The molecule has 0 saturated heterocycles. The Morgan fingerprint density at radius 2 is 1.95 bits per heavy atom. The Morgan fingerprint density at radius 3 is 2.76 bits per heavy atom. The summed E-state index contributed by atoms with van der Waals surface area (Å²) in [7, 11) is 1.62. The van der Waals surface area contributed by atoms with Gasteiger partial charge in [0.2, 0.25) is 5.82 Å². The number of hydrogen-bond donors (Lipinski definition) is 1. The summed E-state index contributed by atoms with van der Waals surface area (Å²) in [6, 6.07) is 13.1. The van der Waals surface area contributed by atoms with Crippen molar-refractivity contribution in [2.24, 2.45) is 0 Å². The van der Waals surface area contributed by atoms with Gasteiger partial charge in [0.15, 0.2) is 0 Å². The molecule has 3 aromatic rings. The zero-order chi connectivity index (χ0) is 14.8. The van der Waals surface area contributed by atoms with Gasteiger partial charge in [0.25, 0.3) is 5.89 Å². The first-order chi connectivity index (χ1) is 10.2. The number of methoxy groups -OCH3 is 1. The van der Waals surface area contributed by atoms with Crippen LogP contribution in [0.1, 0.15) is 5.56 Å². The van der Waals surface area contributed by atoms with Crippen molar-refractivity contribution in [1.29, 1.82) is 0 Å². The Morgan fingerprint density at radius 1 is 1.14 bits per heavy atom. The van der Waals surface area contributed by atoms with Gasteiger partial charge < -0.3 is 15.0 Å². The van der Waals surface area contributed by atoms with Crippen molar-refractivity contribution >= 4 is 5.69 Å². The van der Waals surface area contributed by atoms with Crippen LogP contribution in [0.5, 0.6) is 5.75 Å². The van der Waals surface area contributed by atoms with E-state index in [2.05, 4.69) is 10.1 Å². The highest BCUT2D eigenvalue weighted by Gasteiger charge is 2.13. The molecule has 0 saturated carbocycles. The Hall–Kier alpha value is -2.82. The lowest BCUT2D eigenvalue weighted by atomic mass is 10.1.